The number of ether oxygens (including phenoxy) is 1. The Kier molecular flexibility index (Phi) is 5.73. The summed E-state index contributed by atoms with van der Waals surface area (Å²) in [7, 11) is 2.81. The lowest BCUT2D eigenvalue weighted by molar-refractivity contribution is -0.151. The number of aromatic nitrogens is 2. The molecule has 1 aromatic heterocycles. The number of rotatable bonds is 6. The van der Waals surface area contributed by atoms with Crippen molar-refractivity contribution in [1.82, 2.24) is 14.0 Å². The normalized spacial score (nSPS) is 15.1. The summed E-state index contributed by atoms with van der Waals surface area (Å²) in [5, 5.41) is 0. The lowest BCUT2D eigenvalue weighted by Crippen LogP contribution is -2.49. The Balaban J connectivity index is 1.88. The van der Waals surface area contributed by atoms with Crippen LogP contribution in [0.15, 0.2) is 39.9 Å². The Morgan fingerprint density at radius 1 is 1.00 bits per heavy atom. The zero-order chi connectivity index (χ0) is 22.2. The number of hydrogen-bond acceptors (Lipinski definition) is 6. The van der Waals surface area contributed by atoms with E-state index in [1.165, 1.54) is 24.7 Å². The minimum atomic E-state index is -1.12. The van der Waals surface area contributed by atoms with Gasteiger partial charge in [0.25, 0.3) is 17.4 Å². The molecule has 0 unspecified atom stereocenters. The van der Waals surface area contributed by atoms with Gasteiger partial charge in [0, 0.05) is 20.2 Å². The van der Waals surface area contributed by atoms with Crippen LogP contribution in [0.4, 0.5) is 0 Å². The molecule has 9 heteroatoms. The monoisotopic (exact) mass is 413 g/mol. The van der Waals surface area contributed by atoms with Gasteiger partial charge < -0.3 is 4.74 Å². The van der Waals surface area contributed by atoms with E-state index in [-0.39, 0.29) is 29.3 Å². The minimum Gasteiger partial charge on any atom is -0.458 e. The SMILES string of the molecule is CC[C@H](C)[C@H](C(=O)OCc1cc(=O)n(C)c(=O)n1C)N1C(=O)c2ccccc2C1=O. The Bertz CT molecular complexity index is 1110. The van der Waals surface area contributed by atoms with Crippen LogP contribution in [-0.2, 0) is 30.2 Å². The molecule has 158 valence electrons. The molecule has 1 aliphatic rings. The van der Waals surface area contributed by atoms with Gasteiger partial charge in [-0.3, -0.25) is 28.4 Å². The van der Waals surface area contributed by atoms with Crippen molar-refractivity contribution in [2.45, 2.75) is 32.9 Å². The van der Waals surface area contributed by atoms with Crippen molar-refractivity contribution in [1.29, 1.82) is 0 Å². The number of amides is 2. The van der Waals surface area contributed by atoms with Crippen LogP contribution in [-0.4, -0.2) is 37.9 Å². The van der Waals surface area contributed by atoms with Gasteiger partial charge in [0.05, 0.1) is 16.8 Å². The van der Waals surface area contributed by atoms with Crippen LogP contribution in [0.3, 0.4) is 0 Å². The molecule has 0 N–H and O–H groups in total. The first-order chi connectivity index (χ1) is 14.2. The van der Waals surface area contributed by atoms with Gasteiger partial charge in [0.15, 0.2) is 0 Å². The molecule has 2 atom stereocenters. The maximum atomic E-state index is 13.0. The maximum Gasteiger partial charge on any atom is 0.330 e. The van der Waals surface area contributed by atoms with E-state index in [1.54, 1.807) is 31.2 Å². The second kappa shape index (κ2) is 8.10. The van der Waals surface area contributed by atoms with Crippen molar-refractivity contribution < 1.29 is 19.1 Å². The molecule has 0 fully saturated rings. The van der Waals surface area contributed by atoms with Crippen LogP contribution in [0, 0.1) is 5.92 Å². The molecule has 0 saturated heterocycles. The van der Waals surface area contributed by atoms with E-state index in [4.69, 9.17) is 4.74 Å². The van der Waals surface area contributed by atoms with Crippen molar-refractivity contribution >= 4 is 17.8 Å². The van der Waals surface area contributed by atoms with Gasteiger partial charge in [-0.25, -0.2) is 9.59 Å². The highest BCUT2D eigenvalue weighted by Crippen LogP contribution is 2.28. The predicted octanol–water partition coefficient (Wildman–Crippen LogP) is 0.838. The number of benzene rings is 1. The third kappa shape index (κ3) is 3.47. The average molecular weight is 413 g/mol. The highest BCUT2D eigenvalue weighted by Gasteiger charge is 2.45. The fourth-order valence-electron chi connectivity index (χ4n) is 3.42. The fourth-order valence-corrected chi connectivity index (χ4v) is 3.42. The number of hydrogen-bond donors (Lipinski definition) is 0. The van der Waals surface area contributed by atoms with Crippen molar-refractivity contribution in [2.24, 2.45) is 20.0 Å². The molecule has 0 radical (unpaired) electrons. The smallest absolute Gasteiger partial charge is 0.330 e. The molecule has 0 spiro atoms. The lowest BCUT2D eigenvalue weighted by atomic mass is 9.97. The Hall–Kier alpha value is -3.49. The molecular formula is C21H23N3O6. The van der Waals surface area contributed by atoms with Crippen LogP contribution < -0.4 is 11.2 Å². The van der Waals surface area contributed by atoms with Crippen molar-refractivity contribution in [3.63, 3.8) is 0 Å². The van der Waals surface area contributed by atoms with Crippen LogP contribution in [0.5, 0.6) is 0 Å². The summed E-state index contributed by atoms with van der Waals surface area (Å²) in [6.07, 6.45) is 0.525. The first-order valence-corrected chi connectivity index (χ1v) is 9.58. The lowest BCUT2D eigenvalue weighted by Gasteiger charge is -2.29. The standard InChI is InChI=1S/C21H23N3O6/c1-5-12(2)17(24-18(26)14-8-6-7-9-15(14)19(24)27)20(28)30-11-13-10-16(25)23(4)21(29)22(13)3/h6-10,12,17H,5,11H2,1-4H3/t12-,17+/m0/s1. The van der Waals surface area contributed by atoms with E-state index in [0.29, 0.717) is 6.42 Å². The second-order valence-corrected chi connectivity index (χ2v) is 7.34. The van der Waals surface area contributed by atoms with Gasteiger partial charge in [0.2, 0.25) is 0 Å². The number of imide groups is 1. The van der Waals surface area contributed by atoms with E-state index in [2.05, 4.69) is 0 Å². The maximum absolute atomic E-state index is 13.0. The second-order valence-electron chi connectivity index (χ2n) is 7.34. The number of carbonyl (C=O) groups is 3. The summed E-state index contributed by atoms with van der Waals surface area (Å²) in [4.78, 5) is 63.5. The molecule has 2 heterocycles. The van der Waals surface area contributed by atoms with Crippen LogP contribution >= 0.6 is 0 Å². The molecule has 0 aliphatic carbocycles. The molecular weight excluding hydrogens is 390 g/mol. The molecule has 30 heavy (non-hydrogen) atoms. The molecule has 9 nitrogen and oxygen atoms in total. The zero-order valence-electron chi connectivity index (χ0n) is 17.2. The van der Waals surface area contributed by atoms with E-state index < -0.39 is 35.1 Å². The van der Waals surface area contributed by atoms with E-state index >= 15 is 0 Å². The van der Waals surface area contributed by atoms with Gasteiger partial charge in [-0.2, -0.15) is 0 Å². The number of carbonyl (C=O) groups excluding carboxylic acids is 3. The summed E-state index contributed by atoms with van der Waals surface area (Å²) < 4.78 is 7.50. The Labute approximate surface area is 172 Å². The van der Waals surface area contributed by atoms with Gasteiger partial charge in [-0.1, -0.05) is 32.4 Å². The largest absolute Gasteiger partial charge is 0.458 e. The summed E-state index contributed by atoms with van der Waals surface area (Å²) >= 11 is 0. The van der Waals surface area contributed by atoms with Crippen LogP contribution in [0.1, 0.15) is 46.7 Å². The van der Waals surface area contributed by atoms with Gasteiger partial charge in [0.1, 0.15) is 12.6 Å². The number of esters is 1. The van der Waals surface area contributed by atoms with E-state index in [9.17, 15) is 24.0 Å². The molecule has 0 bridgehead atoms. The van der Waals surface area contributed by atoms with Gasteiger partial charge in [-0.15, -0.1) is 0 Å². The third-order valence-electron chi connectivity index (χ3n) is 5.52. The minimum absolute atomic E-state index is 0.210. The fraction of sp³-hybridized carbons (Fsp3) is 0.381. The average Bonchev–Trinajstić information content (AvgIpc) is 2.99. The van der Waals surface area contributed by atoms with Crippen molar-refractivity contribution in [3.05, 3.63) is 68.0 Å². The first kappa shape index (κ1) is 21.2. The first-order valence-electron chi connectivity index (χ1n) is 9.58. The van der Waals surface area contributed by atoms with Gasteiger partial charge in [-0.05, 0) is 18.1 Å². The Morgan fingerprint density at radius 3 is 2.10 bits per heavy atom. The van der Waals surface area contributed by atoms with Crippen LogP contribution in [0.25, 0.3) is 0 Å². The molecule has 0 saturated carbocycles. The number of fused-ring (bicyclic) bond motifs is 1. The highest BCUT2D eigenvalue weighted by molar-refractivity contribution is 6.22. The van der Waals surface area contributed by atoms with Crippen molar-refractivity contribution in [2.75, 3.05) is 0 Å². The van der Waals surface area contributed by atoms with Crippen molar-refractivity contribution in [3.8, 4) is 0 Å². The topological polar surface area (TPSA) is 108 Å². The summed E-state index contributed by atoms with van der Waals surface area (Å²) in [5.41, 5.74) is -0.368. The zero-order valence-corrected chi connectivity index (χ0v) is 17.2. The van der Waals surface area contributed by atoms with E-state index in [0.717, 1.165) is 9.47 Å². The van der Waals surface area contributed by atoms with Gasteiger partial charge >= 0.3 is 11.7 Å². The Morgan fingerprint density at radius 2 is 1.57 bits per heavy atom. The molecule has 1 aromatic carbocycles. The predicted molar refractivity (Wildman–Crippen MR) is 107 cm³/mol. The summed E-state index contributed by atoms with van der Waals surface area (Å²) in [6.45, 7) is 3.26. The third-order valence-corrected chi connectivity index (χ3v) is 5.52. The molecule has 2 aromatic rings. The highest BCUT2D eigenvalue weighted by atomic mass is 16.5. The summed E-state index contributed by atoms with van der Waals surface area (Å²) in [6, 6.07) is 6.48. The number of nitrogens with zero attached hydrogens (tertiary/aromatic N) is 3. The molecule has 1 aliphatic heterocycles. The molecule has 2 amide bonds. The quantitative estimate of drug-likeness (QED) is 0.513. The van der Waals surface area contributed by atoms with Crippen LogP contribution in [0.2, 0.25) is 0 Å². The van der Waals surface area contributed by atoms with E-state index in [1.807, 2.05) is 6.92 Å². The summed E-state index contributed by atoms with van der Waals surface area (Å²) in [5.74, 6) is -2.21. The molecule has 3 rings (SSSR count).